The minimum Gasteiger partial charge on any atom is -0.398 e. The third-order valence-electron chi connectivity index (χ3n) is 6.70. The molecule has 1 aliphatic carbocycles. The highest BCUT2D eigenvalue weighted by Gasteiger charge is 2.36. The molecule has 4 aromatic rings. The summed E-state index contributed by atoms with van der Waals surface area (Å²) in [6, 6.07) is 8.06. The zero-order chi connectivity index (χ0) is 26.3. The van der Waals surface area contributed by atoms with Crippen LogP contribution in [0, 0.1) is 5.41 Å². The number of nitrogens with zero attached hydrogens (tertiary/aromatic N) is 2. The summed E-state index contributed by atoms with van der Waals surface area (Å²) in [5, 5.41) is 21.7. The number of imidazole rings is 1. The Morgan fingerprint density at radius 2 is 2.03 bits per heavy atom. The zero-order valence-electron chi connectivity index (χ0n) is 19.8. The fourth-order valence-corrected chi connectivity index (χ4v) is 4.87. The van der Waals surface area contributed by atoms with Gasteiger partial charge in [0.15, 0.2) is 0 Å². The Morgan fingerprint density at radius 1 is 1.27 bits per heavy atom. The van der Waals surface area contributed by atoms with Crippen molar-refractivity contribution in [1.82, 2.24) is 20.3 Å². The number of aliphatic hydroxyl groups excluding tert-OH is 1. The van der Waals surface area contributed by atoms with Gasteiger partial charge in [-0.25, -0.2) is 9.97 Å². The lowest BCUT2D eigenvalue weighted by atomic mass is 9.82. The summed E-state index contributed by atoms with van der Waals surface area (Å²) in [7, 11) is 0. The van der Waals surface area contributed by atoms with Crippen LogP contribution in [-0.4, -0.2) is 32.4 Å². The van der Waals surface area contributed by atoms with Crippen molar-refractivity contribution in [3.63, 3.8) is 0 Å². The molecule has 0 radical (unpaired) electrons. The van der Waals surface area contributed by atoms with E-state index < -0.39 is 17.8 Å². The molecule has 1 aliphatic rings. The molecule has 0 bridgehead atoms. The number of pyridine rings is 1. The molecule has 2 aromatic carbocycles. The summed E-state index contributed by atoms with van der Waals surface area (Å²) in [4.78, 5) is 11.7. The van der Waals surface area contributed by atoms with Gasteiger partial charge in [-0.05, 0) is 35.6 Å². The van der Waals surface area contributed by atoms with Gasteiger partial charge in [-0.2, -0.15) is 13.2 Å². The molecule has 0 fully saturated rings. The summed E-state index contributed by atoms with van der Waals surface area (Å²) < 4.78 is 42.2. The number of hydrogen-bond donors (Lipinski definition) is 5. The number of aromatic nitrogens is 3. The second-order valence-electron chi connectivity index (χ2n) is 9.05. The van der Waals surface area contributed by atoms with Crippen molar-refractivity contribution in [3.8, 4) is 11.3 Å². The maximum Gasteiger partial charge on any atom is 0.418 e. The largest absolute Gasteiger partial charge is 0.418 e. The molecular weight excluding hydrogens is 481 g/mol. The molecule has 37 heavy (non-hydrogen) atoms. The number of aromatic amines is 1. The van der Waals surface area contributed by atoms with Crippen LogP contribution < -0.4 is 11.1 Å². The van der Waals surface area contributed by atoms with Crippen LogP contribution in [0.3, 0.4) is 0 Å². The Hall–Kier alpha value is -4.18. The Morgan fingerprint density at radius 3 is 2.68 bits per heavy atom. The fraction of sp³-hybridized carbons (Fsp3) is 0.222. The third-order valence-corrected chi connectivity index (χ3v) is 6.70. The average molecular weight is 507 g/mol. The van der Waals surface area contributed by atoms with Crippen molar-refractivity contribution in [1.29, 1.82) is 5.41 Å². The Labute approximate surface area is 210 Å². The van der Waals surface area contributed by atoms with E-state index in [-0.39, 0.29) is 28.6 Å². The van der Waals surface area contributed by atoms with Crippen LogP contribution in [0.5, 0.6) is 0 Å². The van der Waals surface area contributed by atoms with E-state index in [1.807, 2.05) is 12.1 Å². The predicted molar refractivity (Wildman–Crippen MR) is 137 cm³/mol. The number of nitrogen functional groups attached to an aromatic ring is 1. The minimum atomic E-state index is -4.68. The summed E-state index contributed by atoms with van der Waals surface area (Å²) >= 11 is 0. The molecular formula is C27H25F3N6O. The van der Waals surface area contributed by atoms with E-state index in [1.165, 1.54) is 0 Å². The molecule has 190 valence electrons. The molecule has 0 saturated heterocycles. The van der Waals surface area contributed by atoms with E-state index in [0.717, 1.165) is 23.7 Å². The third kappa shape index (κ3) is 4.55. The van der Waals surface area contributed by atoms with Crippen LogP contribution >= 0.6 is 0 Å². The first-order valence-corrected chi connectivity index (χ1v) is 11.7. The van der Waals surface area contributed by atoms with E-state index in [0.29, 0.717) is 47.5 Å². The number of hydrogen-bond acceptors (Lipinski definition) is 6. The van der Waals surface area contributed by atoms with Crippen LogP contribution in [0.25, 0.3) is 27.9 Å². The van der Waals surface area contributed by atoms with Crippen molar-refractivity contribution < 1.29 is 18.3 Å². The molecule has 6 N–H and O–H groups in total. The number of aryl methyl sites for hydroxylation is 1. The highest BCUT2D eigenvalue weighted by atomic mass is 19.4. The highest BCUT2D eigenvalue weighted by Crippen LogP contribution is 2.43. The van der Waals surface area contributed by atoms with Gasteiger partial charge in [-0.3, -0.25) is 0 Å². The van der Waals surface area contributed by atoms with E-state index in [9.17, 15) is 18.3 Å². The van der Waals surface area contributed by atoms with Crippen LogP contribution in [0.15, 0.2) is 49.3 Å². The van der Waals surface area contributed by atoms with Gasteiger partial charge in [0, 0.05) is 52.9 Å². The van der Waals surface area contributed by atoms with Gasteiger partial charge >= 0.3 is 6.18 Å². The van der Waals surface area contributed by atoms with Crippen molar-refractivity contribution in [2.45, 2.75) is 38.1 Å². The highest BCUT2D eigenvalue weighted by molar-refractivity contribution is 6.07. The molecule has 1 atom stereocenters. The number of nitrogens with two attached hydrogens (primary N) is 1. The van der Waals surface area contributed by atoms with E-state index in [4.69, 9.17) is 11.1 Å². The van der Waals surface area contributed by atoms with Gasteiger partial charge in [-0.1, -0.05) is 30.8 Å². The molecule has 2 aromatic heterocycles. The van der Waals surface area contributed by atoms with Gasteiger partial charge in [0.2, 0.25) is 0 Å². The Balaban J connectivity index is 1.63. The van der Waals surface area contributed by atoms with Crippen LogP contribution in [0.4, 0.5) is 18.9 Å². The predicted octanol–water partition coefficient (Wildman–Crippen LogP) is 4.83. The average Bonchev–Trinajstić information content (AvgIpc) is 3.39. The normalized spacial score (nSPS) is 15.4. The molecule has 0 aliphatic heterocycles. The smallest absolute Gasteiger partial charge is 0.398 e. The molecule has 7 nitrogen and oxygen atoms in total. The summed E-state index contributed by atoms with van der Waals surface area (Å²) in [6.07, 6.45) is 0.0528. The lowest BCUT2D eigenvalue weighted by molar-refractivity contribution is -0.136. The standard InChI is InChI=1S/C27H25F3N6O/c1-14(35-13-23-33-8-9-34-23)15-2-4-16(5-3-15)25-19-10-17(37)6-7-18(19)24-20(12-31)22(32)11-21(26(24)36-25)27(28,29)30/h2-5,8-9,11-12,17,31,35,37H,1,6-7,10,13,32H2,(H,33,34). The zero-order valence-corrected chi connectivity index (χ0v) is 19.8. The number of fused-ring (bicyclic) bond motifs is 3. The van der Waals surface area contributed by atoms with Crippen LogP contribution in [0.2, 0.25) is 0 Å². The quantitative estimate of drug-likeness (QED) is 0.189. The van der Waals surface area contributed by atoms with Crippen molar-refractivity contribution >= 4 is 28.5 Å². The molecule has 1 unspecified atom stereocenters. The lowest BCUT2D eigenvalue weighted by Crippen LogP contribution is -2.22. The van der Waals surface area contributed by atoms with Gasteiger partial charge < -0.3 is 26.6 Å². The van der Waals surface area contributed by atoms with Crippen LogP contribution in [-0.2, 0) is 25.6 Å². The number of anilines is 1. The first-order chi connectivity index (χ1) is 17.7. The maximum atomic E-state index is 14.1. The second-order valence-corrected chi connectivity index (χ2v) is 9.05. The van der Waals surface area contributed by atoms with Crippen molar-refractivity contribution in [2.75, 3.05) is 5.73 Å². The molecule has 0 saturated carbocycles. The van der Waals surface area contributed by atoms with Crippen molar-refractivity contribution in [3.05, 3.63) is 82.9 Å². The monoisotopic (exact) mass is 506 g/mol. The molecule has 5 rings (SSSR count). The summed E-state index contributed by atoms with van der Waals surface area (Å²) in [6.45, 7) is 4.52. The van der Waals surface area contributed by atoms with Gasteiger partial charge in [0.1, 0.15) is 5.82 Å². The number of H-pyrrole nitrogens is 1. The topological polar surface area (TPSA) is 124 Å². The number of benzene rings is 2. The van der Waals surface area contributed by atoms with Gasteiger partial charge in [0.05, 0.1) is 29.4 Å². The summed E-state index contributed by atoms with van der Waals surface area (Å²) in [5.41, 5.74) is 8.67. The fourth-order valence-electron chi connectivity index (χ4n) is 4.87. The molecule has 10 heteroatoms. The van der Waals surface area contributed by atoms with E-state index in [2.05, 4.69) is 26.8 Å². The Bertz CT molecular complexity index is 1490. The lowest BCUT2D eigenvalue weighted by Gasteiger charge is -2.27. The summed E-state index contributed by atoms with van der Waals surface area (Å²) in [5.74, 6) is 0.758. The van der Waals surface area contributed by atoms with E-state index in [1.54, 1.807) is 24.5 Å². The number of nitrogens with one attached hydrogen (secondary N) is 3. The van der Waals surface area contributed by atoms with E-state index >= 15 is 0 Å². The van der Waals surface area contributed by atoms with Crippen molar-refractivity contribution in [2.24, 2.45) is 0 Å². The number of aliphatic hydroxyl groups is 1. The maximum absolute atomic E-state index is 14.1. The first kappa shape index (κ1) is 24.5. The molecule has 0 amide bonds. The first-order valence-electron chi connectivity index (χ1n) is 11.7. The Kier molecular flexibility index (Phi) is 6.20. The number of halogens is 3. The number of rotatable bonds is 6. The molecule has 0 spiro atoms. The van der Waals surface area contributed by atoms with Crippen LogP contribution in [0.1, 0.15) is 40.1 Å². The van der Waals surface area contributed by atoms with Gasteiger partial charge in [0.25, 0.3) is 0 Å². The second kappa shape index (κ2) is 9.36. The minimum absolute atomic E-state index is 0.123. The SMILES string of the molecule is C=C(NCc1ncc[nH]1)c1ccc(-c2nc3c(C(F)(F)F)cc(N)c(C=N)c3c3c2CC(O)CC3)cc1. The van der Waals surface area contributed by atoms with Gasteiger partial charge in [-0.15, -0.1) is 0 Å². The number of alkyl halides is 3. The molecule has 2 heterocycles.